The molecule has 0 bridgehead atoms. The number of aliphatic hydroxyl groups is 1. The number of rotatable bonds is 4. The Balaban J connectivity index is 0.00000289. The van der Waals surface area contributed by atoms with Crippen LogP contribution >= 0.6 is 0 Å². The minimum atomic E-state index is -0.436. The molecule has 95 valence electrons. The maximum atomic E-state index is 11.6. The van der Waals surface area contributed by atoms with Gasteiger partial charge < -0.3 is 15.3 Å². The average molecular weight is 327 g/mol. The maximum Gasteiger partial charge on any atom is 0.273 e. The topological polar surface area (TPSA) is 96.7 Å². The fourth-order valence-electron chi connectivity index (χ4n) is 1.26. The number of carbonyl (C=O) groups is 1. The Morgan fingerprint density at radius 3 is 2.78 bits per heavy atom. The molecule has 1 radical (unpaired) electrons. The molecule has 18 heavy (non-hydrogen) atoms. The summed E-state index contributed by atoms with van der Waals surface area (Å²) in [7, 11) is 2.80. The van der Waals surface area contributed by atoms with Gasteiger partial charge in [-0.25, -0.2) is 9.97 Å². The van der Waals surface area contributed by atoms with E-state index in [1.165, 1.54) is 20.4 Å². The van der Waals surface area contributed by atoms with Gasteiger partial charge in [-0.05, 0) is 6.92 Å². The summed E-state index contributed by atoms with van der Waals surface area (Å²) in [6.45, 7) is 1.38. The molecule has 1 rings (SSSR count). The third-order valence-electron chi connectivity index (χ3n) is 2.02. The molecule has 8 heteroatoms. The molecule has 0 atom stereocenters. The van der Waals surface area contributed by atoms with E-state index in [4.69, 9.17) is 0 Å². The van der Waals surface area contributed by atoms with Crippen LogP contribution in [0.1, 0.15) is 17.1 Å². The largest absolute Gasteiger partial charge is 0.398 e. The summed E-state index contributed by atoms with van der Waals surface area (Å²) in [5.41, 5.74) is 0.704. The zero-order valence-electron chi connectivity index (χ0n) is 10.5. The van der Waals surface area contributed by atoms with Crippen LogP contribution in [0.4, 0.5) is 0 Å². The molecule has 0 unspecified atom stereocenters. The van der Waals surface area contributed by atoms with Crippen molar-refractivity contribution in [2.75, 3.05) is 14.2 Å². The molecule has 1 amide bonds. The van der Waals surface area contributed by atoms with Gasteiger partial charge in [0.05, 0.1) is 17.9 Å². The summed E-state index contributed by atoms with van der Waals surface area (Å²) in [6.07, 6.45) is 1.43. The monoisotopic (exact) mass is 327 g/mol. The van der Waals surface area contributed by atoms with Crippen molar-refractivity contribution in [3.63, 3.8) is 0 Å². The van der Waals surface area contributed by atoms with Crippen molar-refractivity contribution < 1.29 is 47.4 Å². The first-order valence-corrected chi connectivity index (χ1v) is 4.91. The van der Waals surface area contributed by atoms with Crippen molar-refractivity contribution in [2.24, 2.45) is 5.16 Å². The Bertz CT molecular complexity index is 451. The van der Waals surface area contributed by atoms with Gasteiger partial charge in [0.15, 0.2) is 5.71 Å². The zero-order valence-corrected chi connectivity index (χ0v) is 13.3. The van der Waals surface area contributed by atoms with Crippen LogP contribution in [0.5, 0.6) is 0 Å². The molecule has 0 aliphatic carbocycles. The van der Waals surface area contributed by atoms with E-state index < -0.39 is 5.91 Å². The first kappa shape index (κ1) is 17.1. The number of oxime groups is 1. The van der Waals surface area contributed by atoms with E-state index in [0.29, 0.717) is 17.1 Å². The second-order valence-corrected chi connectivity index (χ2v) is 3.14. The molecule has 2 N–H and O–H groups in total. The smallest absolute Gasteiger partial charge is 0.273 e. The molecule has 0 aliphatic heterocycles. The van der Waals surface area contributed by atoms with Crippen molar-refractivity contribution in [3.8, 4) is 0 Å². The fourth-order valence-corrected chi connectivity index (χ4v) is 1.26. The number of hydrogen-bond donors (Lipinski definition) is 2. The Morgan fingerprint density at radius 1 is 1.61 bits per heavy atom. The van der Waals surface area contributed by atoms with Gasteiger partial charge in [-0.15, -0.1) is 0 Å². The van der Waals surface area contributed by atoms with E-state index in [1.54, 1.807) is 6.92 Å². The molecule has 1 aromatic heterocycles. The van der Waals surface area contributed by atoms with Gasteiger partial charge in [-0.3, -0.25) is 4.79 Å². The number of aryl methyl sites for hydroxylation is 1. The first-order valence-electron chi connectivity index (χ1n) is 4.91. The summed E-state index contributed by atoms with van der Waals surface area (Å²) >= 11 is 0. The van der Waals surface area contributed by atoms with E-state index in [0.717, 1.165) is 0 Å². The SMILES string of the molecule is CNC(=O)/C(=N/OC)c1cnc(C)nc1CO.[Y]. The van der Waals surface area contributed by atoms with Crippen LogP contribution in [0.3, 0.4) is 0 Å². The minimum absolute atomic E-state index is 0. The van der Waals surface area contributed by atoms with Crippen LogP contribution in [-0.2, 0) is 48.9 Å². The molecule has 0 aliphatic rings. The Hall–Kier alpha value is -0.916. The van der Waals surface area contributed by atoms with Crippen molar-refractivity contribution in [1.29, 1.82) is 0 Å². The number of hydrogen-bond acceptors (Lipinski definition) is 6. The van der Waals surface area contributed by atoms with E-state index in [2.05, 4.69) is 25.3 Å². The molecule has 1 aromatic rings. The van der Waals surface area contributed by atoms with Crippen molar-refractivity contribution >= 4 is 11.6 Å². The molecule has 1 heterocycles. The van der Waals surface area contributed by atoms with Crippen molar-refractivity contribution in [1.82, 2.24) is 15.3 Å². The van der Waals surface area contributed by atoms with Crippen LogP contribution in [-0.4, -0.2) is 40.9 Å². The van der Waals surface area contributed by atoms with Gasteiger partial charge in [0.1, 0.15) is 12.9 Å². The van der Waals surface area contributed by atoms with Gasteiger partial charge in [0.25, 0.3) is 5.91 Å². The summed E-state index contributed by atoms with van der Waals surface area (Å²) in [4.78, 5) is 24.2. The Kier molecular flexibility index (Phi) is 7.81. The minimum Gasteiger partial charge on any atom is -0.398 e. The van der Waals surface area contributed by atoms with Crippen LogP contribution in [0.15, 0.2) is 11.4 Å². The molecule has 0 fully saturated rings. The van der Waals surface area contributed by atoms with Crippen molar-refractivity contribution in [2.45, 2.75) is 13.5 Å². The maximum absolute atomic E-state index is 11.6. The second-order valence-electron chi connectivity index (χ2n) is 3.14. The Morgan fingerprint density at radius 2 is 2.28 bits per heavy atom. The molecule has 0 saturated heterocycles. The van der Waals surface area contributed by atoms with E-state index in [1.807, 2.05) is 0 Å². The third-order valence-corrected chi connectivity index (χ3v) is 2.02. The molecule has 0 spiro atoms. The van der Waals surface area contributed by atoms with E-state index in [9.17, 15) is 9.90 Å². The van der Waals surface area contributed by atoms with Gasteiger partial charge in [-0.2, -0.15) is 0 Å². The third kappa shape index (κ3) is 4.08. The summed E-state index contributed by atoms with van der Waals surface area (Å²) in [5.74, 6) is 0.0699. The number of nitrogens with zero attached hydrogens (tertiary/aromatic N) is 3. The number of carbonyl (C=O) groups excluding carboxylic acids is 1. The van der Waals surface area contributed by atoms with Crippen molar-refractivity contribution in [3.05, 3.63) is 23.3 Å². The van der Waals surface area contributed by atoms with Crippen LogP contribution < -0.4 is 5.32 Å². The summed E-state index contributed by atoms with van der Waals surface area (Å²) in [5, 5.41) is 15.2. The normalized spacial score (nSPS) is 10.6. The predicted octanol–water partition coefficient (Wildman–Crippen LogP) is -0.629. The number of amides is 1. The van der Waals surface area contributed by atoms with Crippen LogP contribution in [0.2, 0.25) is 0 Å². The van der Waals surface area contributed by atoms with Crippen LogP contribution in [0.25, 0.3) is 0 Å². The Labute approximate surface area is 130 Å². The van der Waals surface area contributed by atoms with Gasteiger partial charge in [0.2, 0.25) is 0 Å². The number of nitrogens with one attached hydrogen (secondary N) is 1. The molecule has 0 aromatic carbocycles. The predicted molar refractivity (Wildman–Crippen MR) is 60.3 cm³/mol. The zero-order chi connectivity index (χ0) is 12.8. The average Bonchev–Trinajstić information content (AvgIpc) is 2.35. The molecule has 0 saturated carbocycles. The standard InChI is InChI=1S/C10H14N4O3.Y/c1-6-12-4-7(8(5-15)13-6)9(14-17-3)10(16)11-2;/h4,15H,5H2,1-3H3,(H,11,16);/b14-9+;. The number of aromatic nitrogens is 2. The van der Waals surface area contributed by atoms with Gasteiger partial charge in [0, 0.05) is 46.0 Å². The molecule has 7 nitrogen and oxygen atoms in total. The second kappa shape index (κ2) is 8.23. The number of likely N-dealkylation sites (N-methyl/N-ethyl adjacent to an activating group) is 1. The van der Waals surface area contributed by atoms with Gasteiger partial charge in [-0.1, -0.05) is 5.16 Å². The van der Waals surface area contributed by atoms with E-state index >= 15 is 0 Å². The van der Waals surface area contributed by atoms with E-state index in [-0.39, 0.29) is 45.0 Å². The fraction of sp³-hybridized carbons (Fsp3) is 0.400. The quantitative estimate of drug-likeness (QED) is 0.567. The van der Waals surface area contributed by atoms with Gasteiger partial charge >= 0.3 is 0 Å². The van der Waals surface area contributed by atoms with Crippen LogP contribution in [0, 0.1) is 6.92 Å². The molecular weight excluding hydrogens is 313 g/mol. The number of aliphatic hydroxyl groups excluding tert-OH is 1. The summed E-state index contributed by atoms with van der Waals surface area (Å²) < 4.78 is 0. The molecular formula is C10H14N4O3Y. The summed E-state index contributed by atoms with van der Waals surface area (Å²) in [6, 6.07) is 0. The first-order chi connectivity index (χ1) is 8.13.